The van der Waals surface area contributed by atoms with Crippen LogP contribution in [0.15, 0.2) is 0 Å². The summed E-state index contributed by atoms with van der Waals surface area (Å²) in [4.78, 5) is 0. The van der Waals surface area contributed by atoms with Gasteiger partial charge in [-0.2, -0.15) is 8.42 Å². The SMILES string of the molecule is CC(C)C#CC[N+](C)(C)CCCS(=O)(=O)O. The number of rotatable bonds is 5. The van der Waals surface area contributed by atoms with Crippen LogP contribution in [0.1, 0.15) is 20.3 Å². The molecule has 0 saturated carbocycles. The Balaban J connectivity index is 4.03. The lowest BCUT2D eigenvalue weighted by molar-refractivity contribution is -0.883. The third-order valence-electron chi connectivity index (χ3n) is 2.06. The molecule has 0 saturated heterocycles. The van der Waals surface area contributed by atoms with Gasteiger partial charge in [0.1, 0.15) is 6.54 Å². The fraction of sp³-hybridized carbons (Fsp3) is 0.818. The lowest BCUT2D eigenvalue weighted by Gasteiger charge is -2.27. The summed E-state index contributed by atoms with van der Waals surface area (Å²) in [6.07, 6.45) is 0.454. The average molecular weight is 248 g/mol. The molecule has 0 aliphatic carbocycles. The van der Waals surface area contributed by atoms with E-state index in [0.717, 1.165) is 0 Å². The van der Waals surface area contributed by atoms with Gasteiger partial charge in [-0.25, -0.2) is 0 Å². The molecule has 0 amide bonds. The van der Waals surface area contributed by atoms with Crippen LogP contribution in [0.3, 0.4) is 0 Å². The fourth-order valence-electron chi connectivity index (χ4n) is 1.22. The first kappa shape index (κ1) is 15.4. The van der Waals surface area contributed by atoms with Gasteiger partial charge in [-0.3, -0.25) is 4.55 Å². The zero-order chi connectivity index (χ0) is 12.8. The molecule has 4 nitrogen and oxygen atoms in total. The molecule has 0 radical (unpaired) electrons. The van der Waals surface area contributed by atoms with Crippen molar-refractivity contribution < 1.29 is 17.5 Å². The minimum atomic E-state index is -3.83. The summed E-state index contributed by atoms with van der Waals surface area (Å²) in [6.45, 7) is 5.45. The van der Waals surface area contributed by atoms with Crippen LogP contribution in [0, 0.1) is 17.8 Å². The highest BCUT2D eigenvalue weighted by atomic mass is 32.2. The third kappa shape index (κ3) is 9.97. The molecule has 0 aliphatic heterocycles. The summed E-state index contributed by atoms with van der Waals surface area (Å²) in [5.41, 5.74) is 0. The Morgan fingerprint density at radius 3 is 2.31 bits per heavy atom. The average Bonchev–Trinajstić information content (AvgIpc) is 1.99. The maximum absolute atomic E-state index is 10.5. The van der Waals surface area contributed by atoms with Crippen molar-refractivity contribution in [1.82, 2.24) is 0 Å². The summed E-state index contributed by atoms with van der Waals surface area (Å²) in [5, 5.41) is 0. The highest BCUT2D eigenvalue weighted by Crippen LogP contribution is 2.00. The van der Waals surface area contributed by atoms with E-state index in [9.17, 15) is 8.42 Å². The molecule has 0 bridgehead atoms. The Hall–Kier alpha value is -0.570. The van der Waals surface area contributed by atoms with E-state index >= 15 is 0 Å². The quantitative estimate of drug-likeness (QED) is 0.448. The van der Waals surface area contributed by atoms with Gasteiger partial charge in [0, 0.05) is 12.3 Å². The van der Waals surface area contributed by atoms with Gasteiger partial charge in [-0.15, -0.1) is 0 Å². The van der Waals surface area contributed by atoms with Gasteiger partial charge in [-0.05, 0) is 5.92 Å². The molecule has 0 aromatic carbocycles. The number of hydrogen-bond donors (Lipinski definition) is 1. The van der Waals surface area contributed by atoms with E-state index in [2.05, 4.69) is 11.8 Å². The molecule has 0 aromatic rings. The molecule has 0 rings (SSSR count). The molecule has 94 valence electrons. The highest BCUT2D eigenvalue weighted by Gasteiger charge is 2.15. The first-order valence-corrected chi connectivity index (χ1v) is 6.99. The molecule has 0 spiro atoms. The van der Waals surface area contributed by atoms with Crippen LogP contribution < -0.4 is 0 Å². The topological polar surface area (TPSA) is 54.4 Å². The first-order valence-electron chi connectivity index (χ1n) is 5.38. The summed E-state index contributed by atoms with van der Waals surface area (Å²) < 4.78 is 30.3. The van der Waals surface area contributed by atoms with Crippen molar-refractivity contribution in [2.75, 3.05) is 32.9 Å². The lowest BCUT2D eigenvalue weighted by atomic mass is 10.2. The van der Waals surface area contributed by atoms with E-state index in [0.29, 0.717) is 29.9 Å². The van der Waals surface area contributed by atoms with Crippen molar-refractivity contribution in [3.63, 3.8) is 0 Å². The van der Waals surface area contributed by atoms with E-state index < -0.39 is 10.1 Å². The van der Waals surface area contributed by atoms with Crippen LogP contribution >= 0.6 is 0 Å². The van der Waals surface area contributed by atoms with E-state index in [1.165, 1.54) is 0 Å². The Kier molecular flexibility index (Phi) is 6.01. The molecule has 0 fully saturated rings. The van der Waals surface area contributed by atoms with Crippen LogP contribution in [0.2, 0.25) is 0 Å². The van der Waals surface area contributed by atoms with Crippen molar-refractivity contribution in [1.29, 1.82) is 0 Å². The summed E-state index contributed by atoms with van der Waals surface area (Å²) in [6, 6.07) is 0. The van der Waals surface area contributed by atoms with E-state index in [-0.39, 0.29) is 5.75 Å². The van der Waals surface area contributed by atoms with Crippen LogP contribution in [0.4, 0.5) is 0 Å². The molecule has 1 N–H and O–H groups in total. The van der Waals surface area contributed by atoms with Crippen LogP contribution in [0.25, 0.3) is 0 Å². The predicted molar refractivity (Wildman–Crippen MR) is 65.5 cm³/mol. The second kappa shape index (κ2) is 6.24. The van der Waals surface area contributed by atoms with Crippen LogP contribution in [0.5, 0.6) is 0 Å². The maximum atomic E-state index is 10.5. The number of nitrogens with zero attached hydrogens (tertiary/aromatic N) is 1. The van der Waals surface area contributed by atoms with E-state index in [4.69, 9.17) is 4.55 Å². The highest BCUT2D eigenvalue weighted by molar-refractivity contribution is 7.85. The van der Waals surface area contributed by atoms with Gasteiger partial charge in [0.25, 0.3) is 10.1 Å². The Morgan fingerprint density at radius 1 is 1.31 bits per heavy atom. The van der Waals surface area contributed by atoms with Gasteiger partial charge in [0.15, 0.2) is 0 Å². The summed E-state index contributed by atoms with van der Waals surface area (Å²) in [7, 11) is 0.171. The van der Waals surface area contributed by atoms with Crippen molar-refractivity contribution >= 4 is 10.1 Å². The smallest absolute Gasteiger partial charge is 0.265 e. The Labute approximate surface area is 99.0 Å². The van der Waals surface area contributed by atoms with Crippen molar-refractivity contribution in [3.8, 4) is 11.8 Å². The van der Waals surface area contributed by atoms with Crippen LogP contribution in [-0.2, 0) is 10.1 Å². The van der Waals surface area contributed by atoms with Gasteiger partial charge >= 0.3 is 0 Å². The molecule has 0 atom stereocenters. The molecule has 0 aromatic heterocycles. The molecular formula is C11H22NO3S+. The second-order valence-electron chi connectivity index (χ2n) is 4.93. The van der Waals surface area contributed by atoms with Gasteiger partial charge < -0.3 is 4.48 Å². The largest absolute Gasteiger partial charge is 0.318 e. The minimum absolute atomic E-state index is 0.174. The van der Waals surface area contributed by atoms with Gasteiger partial charge in [0.2, 0.25) is 0 Å². The minimum Gasteiger partial charge on any atom is -0.318 e. The predicted octanol–water partition coefficient (Wildman–Crippen LogP) is 1.00. The van der Waals surface area contributed by atoms with Crippen molar-refractivity contribution in [2.45, 2.75) is 20.3 Å². The third-order valence-corrected chi connectivity index (χ3v) is 2.87. The second-order valence-corrected chi connectivity index (χ2v) is 6.50. The number of quaternary nitrogens is 1. The molecule has 5 heteroatoms. The molecule has 0 aliphatic rings. The normalized spacial score (nSPS) is 12.4. The van der Waals surface area contributed by atoms with E-state index in [1.807, 2.05) is 27.9 Å². The van der Waals surface area contributed by atoms with Crippen molar-refractivity contribution in [2.24, 2.45) is 5.92 Å². The van der Waals surface area contributed by atoms with Crippen LogP contribution in [-0.4, -0.2) is 50.4 Å². The molecule has 16 heavy (non-hydrogen) atoms. The Bertz CT molecular complexity index is 360. The summed E-state index contributed by atoms with van der Waals surface area (Å²) >= 11 is 0. The molecular weight excluding hydrogens is 226 g/mol. The lowest BCUT2D eigenvalue weighted by Crippen LogP contribution is -2.41. The Morgan fingerprint density at radius 2 is 1.88 bits per heavy atom. The molecule has 0 unspecified atom stereocenters. The fourth-order valence-corrected chi connectivity index (χ4v) is 1.71. The first-order chi connectivity index (χ1) is 7.12. The summed E-state index contributed by atoms with van der Waals surface area (Å²) in [5.74, 6) is 6.34. The van der Waals surface area contributed by atoms with E-state index in [1.54, 1.807) is 0 Å². The van der Waals surface area contributed by atoms with Crippen molar-refractivity contribution in [3.05, 3.63) is 0 Å². The maximum Gasteiger partial charge on any atom is 0.265 e. The molecule has 0 heterocycles. The monoisotopic (exact) mass is 248 g/mol. The standard InChI is InChI=1S/C11H21NO3S/c1-11(2)7-5-8-12(3,4)9-6-10-16(13,14)15/h11H,6,8-10H2,1-4H3/p+1. The zero-order valence-corrected chi connectivity index (χ0v) is 11.3. The number of hydrogen-bond acceptors (Lipinski definition) is 2. The van der Waals surface area contributed by atoms with Gasteiger partial charge in [0.05, 0.1) is 26.4 Å². The van der Waals surface area contributed by atoms with Gasteiger partial charge in [-0.1, -0.05) is 19.8 Å². The zero-order valence-electron chi connectivity index (χ0n) is 10.5.